The Morgan fingerprint density at radius 3 is 2.52 bits per heavy atom. The van der Waals surface area contributed by atoms with Crippen LogP contribution in [-0.2, 0) is 24.4 Å². The molecule has 0 aliphatic heterocycles. The lowest BCUT2D eigenvalue weighted by Gasteiger charge is -2.19. The summed E-state index contributed by atoms with van der Waals surface area (Å²) in [5, 5.41) is 18.5. The van der Waals surface area contributed by atoms with Gasteiger partial charge in [-0.15, -0.1) is 10.2 Å². The first kappa shape index (κ1) is 24.3. The first-order valence-electron chi connectivity index (χ1n) is 11.0. The standard InChI is InChI=1S/C25H29N5O2S/c1-4-20-10-12-22(13-11-20)32-17-23-27-28-25(30(23)16-19(2)3)33-18-24(31)29(15-14-26)21-8-6-5-7-9-21/h5-13,19H,4,15-18H2,1-3H3. The third-order valence-corrected chi connectivity index (χ3v) is 5.91. The Kier molecular flexibility index (Phi) is 8.90. The molecule has 0 unspecified atom stereocenters. The van der Waals surface area contributed by atoms with E-state index < -0.39 is 0 Å². The Hall–Kier alpha value is -3.31. The second-order valence-corrected chi connectivity index (χ2v) is 8.89. The van der Waals surface area contributed by atoms with Crippen molar-refractivity contribution in [3.63, 3.8) is 0 Å². The monoisotopic (exact) mass is 463 g/mol. The highest BCUT2D eigenvalue weighted by atomic mass is 32.2. The SMILES string of the molecule is CCc1ccc(OCc2nnc(SCC(=O)N(CC#N)c3ccccc3)n2CC(C)C)cc1. The molecule has 0 saturated heterocycles. The number of hydrogen-bond acceptors (Lipinski definition) is 6. The number of thioether (sulfide) groups is 1. The van der Waals surface area contributed by atoms with Crippen LogP contribution in [0, 0.1) is 17.2 Å². The van der Waals surface area contributed by atoms with Crippen LogP contribution in [0.1, 0.15) is 32.2 Å². The highest BCUT2D eigenvalue weighted by Gasteiger charge is 2.19. The summed E-state index contributed by atoms with van der Waals surface area (Å²) >= 11 is 1.33. The van der Waals surface area contributed by atoms with Gasteiger partial charge in [0.05, 0.1) is 11.8 Å². The maximum atomic E-state index is 12.9. The van der Waals surface area contributed by atoms with Crippen molar-refractivity contribution in [2.45, 2.75) is 45.5 Å². The lowest BCUT2D eigenvalue weighted by atomic mass is 10.2. The summed E-state index contributed by atoms with van der Waals surface area (Å²) in [6.45, 7) is 7.38. The van der Waals surface area contributed by atoms with Crippen molar-refractivity contribution in [2.24, 2.45) is 5.92 Å². The molecule has 3 aromatic rings. The predicted molar refractivity (Wildman–Crippen MR) is 130 cm³/mol. The van der Waals surface area contributed by atoms with Gasteiger partial charge in [-0.3, -0.25) is 9.69 Å². The summed E-state index contributed by atoms with van der Waals surface area (Å²) in [6.07, 6.45) is 0.984. The zero-order valence-electron chi connectivity index (χ0n) is 19.3. The number of nitriles is 1. The molecule has 7 nitrogen and oxygen atoms in total. The van der Waals surface area contributed by atoms with Crippen molar-refractivity contribution in [2.75, 3.05) is 17.2 Å². The number of benzene rings is 2. The summed E-state index contributed by atoms with van der Waals surface area (Å²) < 4.78 is 7.95. The first-order valence-corrected chi connectivity index (χ1v) is 12.0. The normalized spacial score (nSPS) is 10.8. The number of rotatable bonds is 11. The van der Waals surface area contributed by atoms with E-state index in [1.54, 1.807) is 0 Å². The van der Waals surface area contributed by atoms with Crippen LogP contribution in [0.5, 0.6) is 5.75 Å². The summed E-state index contributed by atoms with van der Waals surface area (Å²) in [7, 11) is 0. The maximum Gasteiger partial charge on any atom is 0.238 e. The zero-order valence-corrected chi connectivity index (χ0v) is 20.1. The van der Waals surface area contributed by atoms with Crippen molar-refractivity contribution in [3.05, 3.63) is 66.0 Å². The molecule has 3 rings (SSSR count). The fourth-order valence-electron chi connectivity index (χ4n) is 3.26. The number of ether oxygens (including phenoxy) is 1. The Morgan fingerprint density at radius 2 is 1.88 bits per heavy atom. The molecule has 33 heavy (non-hydrogen) atoms. The van der Waals surface area contributed by atoms with Crippen molar-refractivity contribution in [1.82, 2.24) is 14.8 Å². The highest BCUT2D eigenvalue weighted by molar-refractivity contribution is 7.99. The van der Waals surface area contributed by atoms with E-state index in [2.05, 4.69) is 49.2 Å². The van der Waals surface area contributed by atoms with Crippen LogP contribution >= 0.6 is 11.8 Å². The number of hydrogen-bond donors (Lipinski definition) is 0. The first-order chi connectivity index (χ1) is 16.0. The molecular formula is C25H29N5O2S. The number of aromatic nitrogens is 3. The third kappa shape index (κ3) is 6.83. The molecule has 0 radical (unpaired) electrons. The van der Waals surface area contributed by atoms with Gasteiger partial charge in [0.25, 0.3) is 0 Å². The molecule has 1 heterocycles. The second kappa shape index (κ2) is 12.1. The van der Waals surface area contributed by atoms with Crippen LogP contribution in [0.25, 0.3) is 0 Å². The van der Waals surface area contributed by atoms with Gasteiger partial charge in [0, 0.05) is 12.2 Å². The van der Waals surface area contributed by atoms with Crippen molar-refractivity contribution in [1.29, 1.82) is 5.26 Å². The molecule has 8 heteroatoms. The van der Waals surface area contributed by atoms with Gasteiger partial charge in [-0.05, 0) is 42.2 Å². The number of anilines is 1. The Bertz CT molecular complexity index is 1070. The van der Waals surface area contributed by atoms with Crippen LogP contribution in [0.3, 0.4) is 0 Å². The molecular weight excluding hydrogens is 434 g/mol. The highest BCUT2D eigenvalue weighted by Crippen LogP contribution is 2.22. The van der Waals surface area contributed by atoms with E-state index in [9.17, 15) is 4.79 Å². The fraction of sp³-hybridized carbons (Fsp3) is 0.360. The number of amides is 1. The number of para-hydroxylation sites is 1. The molecule has 0 atom stereocenters. The van der Waals surface area contributed by atoms with Gasteiger partial charge >= 0.3 is 0 Å². The van der Waals surface area contributed by atoms with Gasteiger partial charge in [0.15, 0.2) is 11.0 Å². The summed E-state index contributed by atoms with van der Waals surface area (Å²) in [4.78, 5) is 14.4. The molecule has 0 aliphatic carbocycles. The fourth-order valence-corrected chi connectivity index (χ4v) is 4.10. The van der Waals surface area contributed by atoms with Crippen LogP contribution in [0.15, 0.2) is 59.8 Å². The lowest BCUT2D eigenvalue weighted by molar-refractivity contribution is -0.116. The lowest BCUT2D eigenvalue weighted by Crippen LogP contribution is -2.32. The van der Waals surface area contributed by atoms with Gasteiger partial charge in [0.2, 0.25) is 5.91 Å². The minimum Gasteiger partial charge on any atom is -0.486 e. The van der Waals surface area contributed by atoms with Gasteiger partial charge in [-0.1, -0.05) is 62.9 Å². The van der Waals surface area contributed by atoms with Crippen molar-refractivity contribution >= 4 is 23.4 Å². The second-order valence-electron chi connectivity index (χ2n) is 7.95. The topological polar surface area (TPSA) is 84.0 Å². The van der Waals surface area contributed by atoms with E-state index in [0.717, 1.165) is 24.5 Å². The largest absolute Gasteiger partial charge is 0.486 e. The molecule has 0 saturated carbocycles. The number of carbonyl (C=O) groups excluding carboxylic acids is 1. The number of aryl methyl sites for hydroxylation is 1. The number of nitrogens with zero attached hydrogens (tertiary/aromatic N) is 5. The minimum atomic E-state index is -0.152. The van der Waals surface area contributed by atoms with Gasteiger partial charge < -0.3 is 9.30 Å². The molecule has 0 N–H and O–H groups in total. The summed E-state index contributed by atoms with van der Waals surface area (Å²) in [5.74, 6) is 1.88. The number of carbonyl (C=O) groups is 1. The minimum absolute atomic E-state index is 0.00198. The third-order valence-electron chi connectivity index (χ3n) is 4.96. The molecule has 1 amide bonds. The van der Waals surface area contributed by atoms with Gasteiger partial charge in [0.1, 0.15) is 18.9 Å². The van der Waals surface area contributed by atoms with E-state index in [4.69, 9.17) is 10.00 Å². The molecule has 172 valence electrons. The molecule has 0 bridgehead atoms. The Morgan fingerprint density at radius 1 is 1.15 bits per heavy atom. The summed E-state index contributed by atoms with van der Waals surface area (Å²) in [6, 6.07) is 19.3. The van der Waals surface area contributed by atoms with Crippen LogP contribution < -0.4 is 9.64 Å². The Balaban J connectivity index is 1.69. The molecule has 0 spiro atoms. The van der Waals surface area contributed by atoms with Crippen LogP contribution in [-0.4, -0.2) is 33.0 Å². The maximum absolute atomic E-state index is 12.9. The zero-order chi connectivity index (χ0) is 23.6. The van der Waals surface area contributed by atoms with Gasteiger partial charge in [-0.25, -0.2) is 0 Å². The van der Waals surface area contributed by atoms with E-state index in [1.165, 1.54) is 22.2 Å². The molecule has 1 aromatic heterocycles. The molecule has 0 fully saturated rings. The quantitative estimate of drug-likeness (QED) is 0.302. The average Bonchev–Trinajstić information content (AvgIpc) is 3.21. The van der Waals surface area contributed by atoms with Crippen LogP contribution in [0.2, 0.25) is 0 Å². The van der Waals surface area contributed by atoms with Crippen molar-refractivity contribution < 1.29 is 9.53 Å². The smallest absolute Gasteiger partial charge is 0.238 e. The van der Waals surface area contributed by atoms with E-state index in [0.29, 0.717) is 23.4 Å². The molecule has 2 aromatic carbocycles. The van der Waals surface area contributed by atoms with E-state index in [1.807, 2.05) is 47.0 Å². The van der Waals surface area contributed by atoms with Crippen LogP contribution in [0.4, 0.5) is 5.69 Å². The average molecular weight is 464 g/mol. The molecule has 0 aliphatic rings. The van der Waals surface area contributed by atoms with E-state index >= 15 is 0 Å². The Labute approximate surface area is 199 Å². The summed E-state index contributed by atoms with van der Waals surface area (Å²) in [5.41, 5.74) is 1.96. The predicted octanol–water partition coefficient (Wildman–Crippen LogP) is 4.72. The van der Waals surface area contributed by atoms with E-state index in [-0.39, 0.29) is 18.2 Å². The van der Waals surface area contributed by atoms with Crippen molar-refractivity contribution in [3.8, 4) is 11.8 Å². The van der Waals surface area contributed by atoms with Gasteiger partial charge in [-0.2, -0.15) is 5.26 Å².